The Kier molecular flexibility index (Phi) is 10.0. The number of carbonyl (C=O) groups excluding carboxylic acids is 2. The second-order valence-corrected chi connectivity index (χ2v) is 8.87. The number of hydrogen-bond acceptors (Lipinski definition) is 9. The van der Waals surface area contributed by atoms with Crippen molar-refractivity contribution in [1.29, 1.82) is 0 Å². The lowest BCUT2D eigenvalue weighted by Crippen LogP contribution is -2.43. The minimum Gasteiger partial charge on any atom is -0.457 e. The number of rotatable bonds is 8. The smallest absolute Gasteiger partial charge is 0.364 e. The number of ketones is 1. The molecule has 3 N–H and O–H groups in total. The van der Waals surface area contributed by atoms with Crippen LogP contribution in [0.3, 0.4) is 0 Å². The summed E-state index contributed by atoms with van der Waals surface area (Å²) in [4.78, 5) is 30.2. The molecule has 9 nitrogen and oxygen atoms in total. The highest BCUT2D eigenvalue weighted by Crippen LogP contribution is 2.30. The minimum absolute atomic E-state index is 0. The number of carbonyl (C=O) groups is 2. The first kappa shape index (κ1) is 24.5. The van der Waals surface area contributed by atoms with Gasteiger partial charge in [-0.3, -0.25) is 8.98 Å². The zero-order valence-corrected chi connectivity index (χ0v) is 17.5. The Bertz CT molecular complexity index is 651. The van der Waals surface area contributed by atoms with Crippen LogP contribution in [0.4, 0.5) is 0 Å². The summed E-state index contributed by atoms with van der Waals surface area (Å²) in [5.41, 5.74) is -0.540. The first-order chi connectivity index (χ1) is 12.8. The van der Waals surface area contributed by atoms with E-state index >= 15 is 0 Å². The van der Waals surface area contributed by atoms with Crippen molar-refractivity contribution < 1.29 is 31.8 Å². The second-order valence-electron chi connectivity index (χ2n) is 7.27. The number of nitrogens with zero attached hydrogens (tertiary/aromatic N) is 1. The Morgan fingerprint density at radius 2 is 1.50 bits per heavy atom. The summed E-state index contributed by atoms with van der Waals surface area (Å²) in [5, 5.41) is 3.55. The fourth-order valence-electron chi connectivity index (χ4n) is 3.76. The lowest BCUT2D eigenvalue weighted by atomic mass is 9.83. The highest BCUT2D eigenvalue weighted by atomic mass is 32.2. The van der Waals surface area contributed by atoms with Crippen molar-refractivity contribution in [3.63, 3.8) is 0 Å². The van der Waals surface area contributed by atoms with E-state index in [0.29, 0.717) is 12.8 Å². The van der Waals surface area contributed by atoms with Crippen molar-refractivity contribution in [1.82, 2.24) is 6.15 Å². The van der Waals surface area contributed by atoms with Crippen LogP contribution >= 0.6 is 0 Å². The lowest BCUT2D eigenvalue weighted by molar-refractivity contribution is -0.143. The Morgan fingerprint density at radius 1 is 0.964 bits per heavy atom. The summed E-state index contributed by atoms with van der Waals surface area (Å²) in [5.74, 6) is -1.97. The van der Waals surface area contributed by atoms with E-state index in [1.807, 2.05) is 0 Å². The first-order valence-electron chi connectivity index (χ1n) is 9.56. The Morgan fingerprint density at radius 3 is 2.00 bits per heavy atom. The van der Waals surface area contributed by atoms with E-state index in [1.54, 1.807) is 0 Å². The molecule has 2 saturated carbocycles. The van der Waals surface area contributed by atoms with Crippen molar-refractivity contribution in [2.45, 2.75) is 76.4 Å². The van der Waals surface area contributed by atoms with Gasteiger partial charge in [0, 0.05) is 0 Å². The normalized spacial score (nSPS) is 20.7. The number of hydrogen-bond donors (Lipinski definition) is 1. The summed E-state index contributed by atoms with van der Waals surface area (Å²) in [6, 6.07) is 0. The fraction of sp³-hybridized carbons (Fsp3) is 0.833. The molecule has 0 aromatic carbocycles. The van der Waals surface area contributed by atoms with Gasteiger partial charge in [-0.25, -0.2) is 4.79 Å². The summed E-state index contributed by atoms with van der Waals surface area (Å²) in [6.45, 7) is 0. The van der Waals surface area contributed by atoms with Gasteiger partial charge in [-0.1, -0.05) is 30.8 Å². The molecule has 0 heterocycles. The van der Waals surface area contributed by atoms with Crippen LogP contribution in [0.2, 0.25) is 0 Å². The number of oxime groups is 1. The van der Waals surface area contributed by atoms with Gasteiger partial charge in [0.15, 0.2) is 0 Å². The van der Waals surface area contributed by atoms with Crippen LogP contribution in [-0.2, 0) is 33.5 Å². The molecule has 0 radical (unpaired) electrons. The fourth-order valence-corrected chi connectivity index (χ4v) is 4.38. The predicted molar refractivity (Wildman–Crippen MR) is 104 cm³/mol. The van der Waals surface area contributed by atoms with Gasteiger partial charge in [0.1, 0.15) is 19.3 Å². The summed E-state index contributed by atoms with van der Waals surface area (Å²) in [6.07, 6.45) is 7.95. The third-order valence-corrected chi connectivity index (χ3v) is 5.61. The predicted octanol–water partition coefficient (Wildman–Crippen LogP) is 2.52. The van der Waals surface area contributed by atoms with Crippen LogP contribution in [-0.4, -0.2) is 51.5 Å². The minimum atomic E-state index is -3.89. The topological polar surface area (TPSA) is 143 Å². The highest BCUT2D eigenvalue weighted by molar-refractivity contribution is 7.86. The monoisotopic (exact) mass is 420 g/mol. The molecule has 0 spiro atoms. The number of Topliss-reactive ketones (excluding diaryl/α,β-unsaturated/α-hetero) is 1. The third-order valence-electron chi connectivity index (χ3n) is 5.05. The SMILES string of the molecule is CON=C(C(=O)OC1CCCCC1)C(=O)C(OS(C)(=O)=O)C1CCCCC1.N. The van der Waals surface area contributed by atoms with Gasteiger partial charge in [-0.05, 0) is 44.4 Å². The van der Waals surface area contributed by atoms with Crippen molar-refractivity contribution in [2.75, 3.05) is 13.4 Å². The van der Waals surface area contributed by atoms with Gasteiger partial charge >= 0.3 is 5.97 Å². The zero-order valence-electron chi connectivity index (χ0n) is 16.7. The Balaban J connectivity index is 0.00000392. The van der Waals surface area contributed by atoms with E-state index in [9.17, 15) is 18.0 Å². The second kappa shape index (κ2) is 11.5. The maximum absolute atomic E-state index is 13.0. The average molecular weight is 421 g/mol. The molecular weight excluding hydrogens is 388 g/mol. The zero-order chi connectivity index (χ0) is 19.9. The molecule has 0 bridgehead atoms. The molecule has 10 heteroatoms. The van der Waals surface area contributed by atoms with E-state index in [2.05, 4.69) is 9.99 Å². The number of esters is 1. The molecule has 28 heavy (non-hydrogen) atoms. The molecule has 2 fully saturated rings. The van der Waals surface area contributed by atoms with E-state index < -0.39 is 33.7 Å². The molecule has 0 saturated heterocycles. The molecule has 2 aliphatic carbocycles. The van der Waals surface area contributed by atoms with E-state index in [4.69, 9.17) is 8.92 Å². The molecule has 1 unspecified atom stereocenters. The maximum atomic E-state index is 13.0. The molecule has 0 aromatic rings. The summed E-state index contributed by atoms with van der Waals surface area (Å²) < 4.78 is 33.9. The van der Waals surface area contributed by atoms with Gasteiger partial charge < -0.3 is 15.7 Å². The van der Waals surface area contributed by atoms with Gasteiger partial charge in [0.25, 0.3) is 10.1 Å². The molecule has 0 aromatic heterocycles. The first-order valence-corrected chi connectivity index (χ1v) is 11.4. The summed E-state index contributed by atoms with van der Waals surface area (Å²) >= 11 is 0. The van der Waals surface area contributed by atoms with Crippen LogP contribution < -0.4 is 6.15 Å². The van der Waals surface area contributed by atoms with Crippen LogP contribution in [0.5, 0.6) is 0 Å². The van der Waals surface area contributed by atoms with Crippen LogP contribution in [0.1, 0.15) is 64.2 Å². The van der Waals surface area contributed by atoms with Crippen LogP contribution in [0.15, 0.2) is 5.16 Å². The average Bonchev–Trinajstić information content (AvgIpc) is 2.64. The standard InChI is InChI=1S/C18H29NO7S.H3N/c1-24-19-15(18(21)25-14-11-7-4-8-12-14)16(20)17(26-27(2,22)23)13-9-5-3-6-10-13;/h13-14,17H,3-12H2,1-2H3;1H3. The van der Waals surface area contributed by atoms with Crippen LogP contribution in [0.25, 0.3) is 0 Å². The molecule has 0 amide bonds. The third kappa shape index (κ3) is 7.48. The quantitative estimate of drug-likeness (QED) is 0.207. The Hall–Kier alpha value is -1.52. The van der Waals surface area contributed by atoms with E-state index in [0.717, 1.165) is 57.6 Å². The molecular formula is C18H32N2O7S. The number of ether oxygens (including phenoxy) is 1. The molecule has 2 rings (SSSR count). The van der Waals surface area contributed by atoms with Crippen LogP contribution in [0, 0.1) is 5.92 Å². The van der Waals surface area contributed by atoms with Gasteiger partial charge in [-0.15, -0.1) is 0 Å². The van der Waals surface area contributed by atoms with E-state index in [-0.39, 0.29) is 18.2 Å². The van der Waals surface area contributed by atoms with Crippen molar-refractivity contribution in [2.24, 2.45) is 11.1 Å². The molecule has 162 valence electrons. The largest absolute Gasteiger partial charge is 0.457 e. The van der Waals surface area contributed by atoms with Crippen molar-refractivity contribution in [3.8, 4) is 0 Å². The maximum Gasteiger partial charge on any atom is 0.364 e. The molecule has 1 atom stereocenters. The van der Waals surface area contributed by atoms with Crippen molar-refractivity contribution in [3.05, 3.63) is 0 Å². The van der Waals surface area contributed by atoms with Crippen molar-refractivity contribution >= 4 is 27.6 Å². The summed E-state index contributed by atoms with van der Waals surface area (Å²) in [7, 11) is -2.67. The molecule has 0 aliphatic heterocycles. The Labute approximate surface area is 166 Å². The molecule has 2 aliphatic rings. The lowest BCUT2D eigenvalue weighted by Gasteiger charge is -2.28. The van der Waals surface area contributed by atoms with E-state index in [1.165, 1.54) is 7.11 Å². The van der Waals surface area contributed by atoms with Gasteiger partial charge in [0.2, 0.25) is 11.5 Å². The van der Waals surface area contributed by atoms with Gasteiger partial charge in [-0.2, -0.15) is 8.42 Å². The highest BCUT2D eigenvalue weighted by Gasteiger charge is 2.39. The van der Waals surface area contributed by atoms with Gasteiger partial charge in [0.05, 0.1) is 6.26 Å².